The molecule has 1 fully saturated rings. The van der Waals surface area contributed by atoms with Gasteiger partial charge in [-0.1, -0.05) is 21.1 Å². The topological polar surface area (TPSA) is 82.4 Å². The Labute approximate surface area is 124 Å². The minimum atomic E-state index is -0.882. The Morgan fingerprint density at radius 1 is 1.40 bits per heavy atom. The minimum Gasteiger partial charge on any atom is -0.490 e. The van der Waals surface area contributed by atoms with Crippen molar-refractivity contribution in [1.82, 2.24) is 4.90 Å². The van der Waals surface area contributed by atoms with Gasteiger partial charge in [0.25, 0.3) is 0 Å². The lowest BCUT2D eigenvalue weighted by Crippen LogP contribution is -2.41. The van der Waals surface area contributed by atoms with Crippen molar-refractivity contribution in [2.75, 3.05) is 13.1 Å². The third-order valence-corrected chi connectivity index (χ3v) is 3.57. The van der Waals surface area contributed by atoms with Crippen molar-refractivity contribution in [2.24, 2.45) is 5.16 Å². The molecule has 1 heterocycles. The van der Waals surface area contributed by atoms with Gasteiger partial charge < -0.3 is 20.0 Å². The van der Waals surface area contributed by atoms with Crippen molar-refractivity contribution in [3.05, 3.63) is 28.2 Å². The normalized spacial score (nSPS) is 16.6. The van der Waals surface area contributed by atoms with Crippen LogP contribution in [0.5, 0.6) is 5.75 Å². The molecule has 0 unspecified atom stereocenters. The first kappa shape index (κ1) is 14.6. The Kier molecular flexibility index (Phi) is 4.84. The van der Waals surface area contributed by atoms with Crippen LogP contribution in [0.2, 0.25) is 0 Å². The fourth-order valence-electron chi connectivity index (χ4n) is 2.15. The van der Waals surface area contributed by atoms with Gasteiger partial charge in [-0.3, -0.25) is 0 Å². The smallest absolute Gasteiger partial charge is 0.407 e. The molecule has 1 saturated heterocycles. The highest BCUT2D eigenvalue weighted by molar-refractivity contribution is 9.10. The SMILES string of the molecule is O=C(O)N1CCC(Oc2cc(Br)cc(C=NO)c2)CC1. The van der Waals surface area contributed by atoms with Crippen LogP contribution in [0.3, 0.4) is 0 Å². The van der Waals surface area contributed by atoms with Crippen LogP contribution in [0.4, 0.5) is 4.79 Å². The van der Waals surface area contributed by atoms with Gasteiger partial charge in [0.05, 0.1) is 6.21 Å². The molecule has 0 saturated carbocycles. The zero-order chi connectivity index (χ0) is 14.5. The van der Waals surface area contributed by atoms with Gasteiger partial charge in [0.1, 0.15) is 11.9 Å². The average Bonchev–Trinajstić information content (AvgIpc) is 2.39. The van der Waals surface area contributed by atoms with Crippen molar-refractivity contribution in [1.29, 1.82) is 0 Å². The van der Waals surface area contributed by atoms with E-state index in [1.54, 1.807) is 12.1 Å². The molecule has 2 rings (SSSR count). The van der Waals surface area contributed by atoms with Crippen molar-refractivity contribution in [3.8, 4) is 5.75 Å². The van der Waals surface area contributed by atoms with Crippen molar-refractivity contribution >= 4 is 28.2 Å². The summed E-state index contributed by atoms with van der Waals surface area (Å²) in [7, 11) is 0. The summed E-state index contributed by atoms with van der Waals surface area (Å²) in [6.07, 6.45) is 1.78. The van der Waals surface area contributed by atoms with E-state index in [1.807, 2.05) is 6.07 Å². The number of halogens is 1. The van der Waals surface area contributed by atoms with E-state index in [-0.39, 0.29) is 6.10 Å². The maximum atomic E-state index is 10.8. The lowest BCUT2D eigenvalue weighted by molar-refractivity contribution is 0.0894. The number of oxime groups is 1. The molecule has 7 heteroatoms. The number of amides is 1. The molecule has 1 amide bonds. The van der Waals surface area contributed by atoms with E-state index in [1.165, 1.54) is 11.1 Å². The average molecular weight is 343 g/mol. The molecule has 0 radical (unpaired) electrons. The van der Waals surface area contributed by atoms with Crippen molar-refractivity contribution in [2.45, 2.75) is 18.9 Å². The quantitative estimate of drug-likeness (QED) is 0.502. The van der Waals surface area contributed by atoms with E-state index in [2.05, 4.69) is 21.1 Å². The number of carboxylic acid groups (broad SMARTS) is 1. The Balaban J connectivity index is 1.99. The number of hydrogen-bond acceptors (Lipinski definition) is 4. The van der Waals surface area contributed by atoms with E-state index in [0.29, 0.717) is 31.7 Å². The van der Waals surface area contributed by atoms with E-state index in [4.69, 9.17) is 15.1 Å². The number of rotatable bonds is 3. The summed E-state index contributed by atoms with van der Waals surface area (Å²) >= 11 is 3.37. The van der Waals surface area contributed by atoms with Crippen LogP contribution in [-0.4, -0.2) is 46.7 Å². The van der Waals surface area contributed by atoms with Gasteiger partial charge in [0, 0.05) is 36.0 Å². The van der Waals surface area contributed by atoms with Crippen molar-refractivity contribution in [3.63, 3.8) is 0 Å². The Bertz CT molecular complexity index is 513. The maximum Gasteiger partial charge on any atom is 0.407 e. The van der Waals surface area contributed by atoms with E-state index >= 15 is 0 Å². The highest BCUT2D eigenvalue weighted by atomic mass is 79.9. The Morgan fingerprint density at radius 2 is 2.10 bits per heavy atom. The fourth-order valence-corrected chi connectivity index (χ4v) is 2.64. The molecule has 1 aliphatic heterocycles. The number of hydrogen-bond donors (Lipinski definition) is 2. The largest absolute Gasteiger partial charge is 0.490 e. The summed E-state index contributed by atoms with van der Waals surface area (Å²) in [5.41, 5.74) is 0.722. The number of ether oxygens (including phenoxy) is 1. The maximum absolute atomic E-state index is 10.8. The van der Waals surface area contributed by atoms with Crippen LogP contribution >= 0.6 is 15.9 Å². The first-order chi connectivity index (χ1) is 9.58. The third kappa shape index (κ3) is 3.86. The molecule has 1 aromatic carbocycles. The summed E-state index contributed by atoms with van der Waals surface area (Å²) in [4.78, 5) is 12.2. The van der Waals surface area contributed by atoms with E-state index in [9.17, 15) is 4.79 Å². The molecule has 0 atom stereocenters. The standard InChI is InChI=1S/C13H15BrN2O4/c14-10-5-9(8-15-19)6-12(7-10)20-11-1-3-16(4-2-11)13(17)18/h5-8,11,19H,1-4H2,(H,17,18). The van der Waals surface area contributed by atoms with Gasteiger partial charge in [-0.05, 0) is 18.2 Å². The summed E-state index contributed by atoms with van der Waals surface area (Å²) < 4.78 is 6.69. The van der Waals surface area contributed by atoms with Gasteiger partial charge >= 0.3 is 6.09 Å². The van der Waals surface area contributed by atoms with Crippen LogP contribution in [0.1, 0.15) is 18.4 Å². The molecule has 108 valence electrons. The summed E-state index contributed by atoms with van der Waals surface area (Å²) in [5, 5.41) is 20.4. The number of benzene rings is 1. The van der Waals surface area contributed by atoms with E-state index < -0.39 is 6.09 Å². The van der Waals surface area contributed by atoms with Crippen LogP contribution in [0, 0.1) is 0 Å². The van der Waals surface area contributed by atoms with Crippen molar-refractivity contribution < 1.29 is 19.8 Å². The summed E-state index contributed by atoms with van der Waals surface area (Å²) in [5.74, 6) is 0.669. The third-order valence-electron chi connectivity index (χ3n) is 3.12. The van der Waals surface area contributed by atoms with Gasteiger partial charge in [0.2, 0.25) is 0 Å². The summed E-state index contributed by atoms with van der Waals surface area (Å²) in [6, 6.07) is 5.41. The predicted molar refractivity (Wildman–Crippen MR) is 76.8 cm³/mol. The highest BCUT2D eigenvalue weighted by Crippen LogP contribution is 2.24. The molecule has 0 aromatic heterocycles. The van der Waals surface area contributed by atoms with Gasteiger partial charge in [0.15, 0.2) is 0 Å². The Hall–Kier alpha value is -1.76. The monoisotopic (exact) mass is 342 g/mol. The first-order valence-electron chi connectivity index (χ1n) is 6.21. The van der Waals surface area contributed by atoms with Gasteiger partial charge in [-0.25, -0.2) is 4.79 Å². The molecule has 1 aromatic rings. The lowest BCUT2D eigenvalue weighted by Gasteiger charge is -2.30. The second-order valence-corrected chi connectivity index (χ2v) is 5.47. The predicted octanol–water partition coefficient (Wildman–Crippen LogP) is 2.78. The number of likely N-dealkylation sites (tertiary alicyclic amines) is 1. The van der Waals surface area contributed by atoms with E-state index in [0.717, 1.165) is 10.0 Å². The highest BCUT2D eigenvalue weighted by Gasteiger charge is 2.23. The molecular formula is C13H15BrN2O4. The summed E-state index contributed by atoms with van der Waals surface area (Å²) in [6.45, 7) is 0.970. The van der Waals surface area contributed by atoms with Crippen LogP contribution in [-0.2, 0) is 0 Å². The molecular weight excluding hydrogens is 328 g/mol. The number of nitrogens with zero attached hydrogens (tertiary/aromatic N) is 2. The van der Waals surface area contributed by atoms with Gasteiger partial charge in [-0.15, -0.1) is 0 Å². The molecule has 0 bridgehead atoms. The van der Waals surface area contributed by atoms with Crippen LogP contribution in [0.15, 0.2) is 27.8 Å². The zero-order valence-corrected chi connectivity index (χ0v) is 12.3. The Morgan fingerprint density at radius 3 is 2.70 bits per heavy atom. The second kappa shape index (κ2) is 6.60. The van der Waals surface area contributed by atoms with Crippen LogP contribution in [0.25, 0.3) is 0 Å². The molecule has 6 nitrogen and oxygen atoms in total. The molecule has 1 aliphatic rings. The molecule has 0 aliphatic carbocycles. The lowest BCUT2D eigenvalue weighted by atomic mass is 10.1. The number of carbonyl (C=O) groups is 1. The van der Waals surface area contributed by atoms with Gasteiger partial charge in [-0.2, -0.15) is 0 Å². The zero-order valence-electron chi connectivity index (χ0n) is 10.7. The first-order valence-corrected chi connectivity index (χ1v) is 7.00. The molecule has 20 heavy (non-hydrogen) atoms. The molecule has 0 spiro atoms. The van der Waals surface area contributed by atoms with Crippen LogP contribution < -0.4 is 4.74 Å². The fraction of sp³-hybridized carbons (Fsp3) is 0.385. The molecule has 2 N–H and O–H groups in total. The second-order valence-electron chi connectivity index (χ2n) is 4.55. The minimum absolute atomic E-state index is 0.00110. The number of piperidine rings is 1.